The minimum absolute atomic E-state index is 0.0570. The van der Waals surface area contributed by atoms with Gasteiger partial charge in [-0.2, -0.15) is 0 Å². The molecule has 0 aliphatic carbocycles. The molecule has 1 aliphatic heterocycles. The van der Waals surface area contributed by atoms with E-state index in [0.717, 1.165) is 33.6 Å². The third-order valence-electron chi connectivity index (χ3n) is 4.24. The first-order valence-electron chi connectivity index (χ1n) is 8.00. The highest BCUT2D eigenvalue weighted by atomic mass is 32.2. The Hall–Kier alpha value is -2.25. The molecule has 126 valence electrons. The Morgan fingerprint density at radius 3 is 2.88 bits per heavy atom. The van der Waals surface area contributed by atoms with E-state index in [-0.39, 0.29) is 5.78 Å². The Labute approximate surface area is 153 Å². The van der Waals surface area contributed by atoms with Crippen LogP contribution in [0.15, 0.2) is 29.2 Å². The van der Waals surface area contributed by atoms with Crippen LogP contribution in [0.2, 0.25) is 0 Å². The van der Waals surface area contributed by atoms with E-state index in [0.29, 0.717) is 15.0 Å². The van der Waals surface area contributed by atoms with Crippen molar-refractivity contribution in [1.29, 1.82) is 5.41 Å². The van der Waals surface area contributed by atoms with Crippen molar-refractivity contribution in [2.75, 3.05) is 0 Å². The summed E-state index contributed by atoms with van der Waals surface area (Å²) in [5.41, 5.74) is 3.07. The number of nitrogens with zero attached hydrogens (tertiary/aromatic N) is 2. The Balaban J connectivity index is 1.74. The average molecular weight is 368 g/mol. The van der Waals surface area contributed by atoms with Gasteiger partial charge in [-0.15, -0.1) is 21.5 Å². The standard InChI is InChI=1S/C18H16N4OS2/c1-3-14-21-22-18(25-14)15-16(23)13(24-17(15)19)8-11-9(2)20-12-7-5-4-6-10(11)12/h4-8,15,19-20H,3H2,1-2H3/b13-8-,19-17?/t15-/m0/s1. The second kappa shape index (κ2) is 6.24. The summed E-state index contributed by atoms with van der Waals surface area (Å²) in [5.74, 6) is -0.655. The number of nitrogens with one attached hydrogen (secondary N) is 2. The van der Waals surface area contributed by atoms with Crippen LogP contribution in [0, 0.1) is 12.3 Å². The summed E-state index contributed by atoms with van der Waals surface area (Å²) in [4.78, 5) is 16.8. The van der Waals surface area contributed by atoms with E-state index in [1.54, 1.807) is 0 Å². The summed E-state index contributed by atoms with van der Waals surface area (Å²) < 4.78 is 0. The van der Waals surface area contributed by atoms with E-state index in [9.17, 15) is 4.79 Å². The van der Waals surface area contributed by atoms with Gasteiger partial charge in [0.15, 0.2) is 5.78 Å². The van der Waals surface area contributed by atoms with Crippen LogP contribution < -0.4 is 0 Å². The van der Waals surface area contributed by atoms with Gasteiger partial charge in [-0.3, -0.25) is 10.2 Å². The SMILES string of the molecule is CCc1nnc([C@@H]2C(=N)S/C(=C\c3c(C)[nH]c4ccccc34)C2=O)s1. The number of aromatic amines is 1. The van der Waals surface area contributed by atoms with Gasteiger partial charge in [-0.25, -0.2) is 0 Å². The lowest BCUT2D eigenvalue weighted by molar-refractivity contribution is -0.114. The van der Waals surface area contributed by atoms with Crippen molar-refractivity contribution in [2.24, 2.45) is 0 Å². The van der Waals surface area contributed by atoms with Crippen LogP contribution in [0.4, 0.5) is 0 Å². The molecule has 2 aromatic heterocycles. The smallest absolute Gasteiger partial charge is 0.186 e. The number of aromatic nitrogens is 3. The highest BCUT2D eigenvalue weighted by Crippen LogP contribution is 2.42. The third kappa shape index (κ3) is 2.73. The van der Waals surface area contributed by atoms with Gasteiger partial charge in [0.1, 0.15) is 15.9 Å². The minimum Gasteiger partial charge on any atom is -0.358 e. The normalized spacial score (nSPS) is 19.4. The van der Waals surface area contributed by atoms with Gasteiger partial charge in [0, 0.05) is 22.2 Å². The predicted octanol–water partition coefficient (Wildman–Crippen LogP) is 4.31. The van der Waals surface area contributed by atoms with Gasteiger partial charge >= 0.3 is 0 Å². The summed E-state index contributed by atoms with van der Waals surface area (Å²) in [6, 6.07) is 8.03. The highest BCUT2D eigenvalue weighted by Gasteiger charge is 2.39. The fraction of sp³-hybridized carbons (Fsp3) is 0.222. The first kappa shape index (κ1) is 16.2. The number of hydrogen-bond acceptors (Lipinski definition) is 6. The van der Waals surface area contributed by atoms with Gasteiger partial charge in [0.25, 0.3) is 0 Å². The number of rotatable bonds is 3. The molecule has 1 aliphatic rings. The number of H-pyrrole nitrogens is 1. The van der Waals surface area contributed by atoms with Crippen molar-refractivity contribution in [3.05, 3.63) is 50.4 Å². The van der Waals surface area contributed by atoms with E-state index in [2.05, 4.69) is 15.2 Å². The van der Waals surface area contributed by atoms with Gasteiger partial charge in [0.2, 0.25) is 0 Å². The first-order valence-corrected chi connectivity index (χ1v) is 9.63. The maximum absolute atomic E-state index is 12.9. The van der Waals surface area contributed by atoms with Gasteiger partial charge in [-0.05, 0) is 25.5 Å². The molecule has 0 spiro atoms. The fourth-order valence-electron chi connectivity index (χ4n) is 2.96. The number of carbonyl (C=O) groups excluding carboxylic acids is 1. The molecule has 0 unspecified atom stereocenters. The summed E-state index contributed by atoms with van der Waals surface area (Å²) in [6.45, 7) is 4.00. The van der Waals surface area contributed by atoms with Crippen LogP contribution in [0.5, 0.6) is 0 Å². The van der Waals surface area contributed by atoms with Crippen LogP contribution in [0.1, 0.15) is 34.1 Å². The Kier molecular flexibility index (Phi) is 4.05. The zero-order valence-corrected chi connectivity index (χ0v) is 15.4. The number of ketones is 1. The molecule has 25 heavy (non-hydrogen) atoms. The van der Waals surface area contributed by atoms with Gasteiger partial charge < -0.3 is 4.98 Å². The molecule has 5 nitrogen and oxygen atoms in total. The molecule has 0 saturated carbocycles. The van der Waals surface area contributed by atoms with Gasteiger partial charge in [-0.1, -0.05) is 36.9 Å². The fourth-order valence-corrected chi connectivity index (χ4v) is 4.89. The Bertz CT molecular complexity index is 1030. The van der Waals surface area contributed by atoms with Crippen LogP contribution in [-0.2, 0) is 11.2 Å². The minimum atomic E-state index is -0.598. The predicted molar refractivity (Wildman–Crippen MR) is 103 cm³/mol. The van der Waals surface area contributed by atoms with Crippen LogP contribution in [0.3, 0.4) is 0 Å². The molecule has 1 atom stereocenters. The number of fused-ring (bicyclic) bond motifs is 1. The topological polar surface area (TPSA) is 82.5 Å². The van der Waals surface area contributed by atoms with Crippen molar-refractivity contribution in [1.82, 2.24) is 15.2 Å². The van der Waals surface area contributed by atoms with Gasteiger partial charge in [0.05, 0.1) is 9.95 Å². The number of para-hydroxylation sites is 1. The number of aryl methyl sites for hydroxylation is 2. The highest BCUT2D eigenvalue weighted by molar-refractivity contribution is 8.19. The van der Waals surface area contributed by atoms with Crippen molar-refractivity contribution < 1.29 is 4.79 Å². The van der Waals surface area contributed by atoms with Crippen LogP contribution in [-0.4, -0.2) is 26.0 Å². The van der Waals surface area contributed by atoms with E-state index in [1.807, 2.05) is 44.2 Å². The van der Waals surface area contributed by atoms with Crippen molar-refractivity contribution in [3.63, 3.8) is 0 Å². The third-order valence-corrected chi connectivity index (χ3v) is 6.36. The quantitative estimate of drug-likeness (QED) is 0.675. The lowest BCUT2D eigenvalue weighted by Crippen LogP contribution is -2.11. The molecule has 3 heterocycles. The monoisotopic (exact) mass is 368 g/mol. The molecule has 0 radical (unpaired) electrons. The van der Waals surface area contributed by atoms with Crippen molar-refractivity contribution >= 4 is 50.9 Å². The second-order valence-electron chi connectivity index (χ2n) is 5.87. The summed E-state index contributed by atoms with van der Waals surface area (Å²) >= 11 is 2.65. The zero-order valence-electron chi connectivity index (χ0n) is 13.8. The number of benzene rings is 1. The van der Waals surface area contributed by atoms with Crippen molar-refractivity contribution in [3.8, 4) is 0 Å². The molecule has 2 N–H and O–H groups in total. The first-order chi connectivity index (χ1) is 12.1. The van der Waals surface area contributed by atoms with E-state index < -0.39 is 5.92 Å². The van der Waals surface area contributed by atoms with E-state index in [4.69, 9.17) is 5.41 Å². The van der Waals surface area contributed by atoms with E-state index in [1.165, 1.54) is 23.1 Å². The average Bonchev–Trinajstić information content (AvgIpc) is 3.26. The Morgan fingerprint density at radius 1 is 1.32 bits per heavy atom. The lowest BCUT2D eigenvalue weighted by Gasteiger charge is -2.00. The summed E-state index contributed by atoms with van der Waals surface area (Å²) in [7, 11) is 0. The summed E-state index contributed by atoms with van der Waals surface area (Å²) in [5, 5.41) is 19.4. The number of carbonyl (C=O) groups is 1. The van der Waals surface area contributed by atoms with Crippen molar-refractivity contribution in [2.45, 2.75) is 26.2 Å². The van der Waals surface area contributed by atoms with E-state index >= 15 is 0 Å². The largest absolute Gasteiger partial charge is 0.358 e. The molecule has 1 aromatic carbocycles. The molecular weight excluding hydrogens is 352 g/mol. The molecule has 4 rings (SSSR count). The van der Waals surface area contributed by atoms with Crippen LogP contribution in [0.25, 0.3) is 17.0 Å². The molecule has 7 heteroatoms. The maximum atomic E-state index is 12.9. The molecule has 0 amide bonds. The molecular formula is C18H16N4OS2. The Morgan fingerprint density at radius 2 is 2.12 bits per heavy atom. The maximum Gasteiger partial charge on any atom is 0.186 e. The molecule has 3 aromatic rings. The molecule has 1 saturated heterocycles. The van der Waals surface area contributed by atoms with Crippen LogP contribution >= 0.6 is 23.1 Å². The molecule has 0 bridgehead atoms. The number of Topliss-reactive ketones (excluding diaryl/α,β-unsaturated/α-hetero) is 1. The molecule has 1 fully saturated rings. The lowest BCUT2D eigenvalue weighted by atomic mass is 10.0. The number of thioether (sulfide) groups is 1. The number of hydrogen-bond donors (Lipinski definition) is 2. The summed E-state index contributed by atoms with van der Waals surface area (Å²) in [6.07, 6.45) is 2.69. The number of allylic oxidation sites excluding steroid dienone is 1. The zero-order chi connectivity index (χ0) is 17.6. The second-order valence-corrected chi connectivity index (χ2v) is 8.05.